The minimum Gasteiger partial charge on any atom is -0.494 e. The quantitative estimate of drug-likeness (QED) is 0.860. The maximum Gasteiger partial charge on any atom is 0.165 e. The van der Waals surface area contributed by atoms with Crippen molar-refractivity contribution in [3.63, 3.8) is 0 Å². The van der Waals surface area contributed by atoms with Crippen molar-refractivity contribution < 1.29 is 14.2 Å². The highest BCUT2D eigenvalue weighted by atomic mass is 19.1. The Balaban J connectivity index is 2.17. The fraction of sp³-hybridized carbons (Fsp3) is 0.333. The van der Waals surface area contributed by atoms with Crippen LogP contribution in [0.2, 0.25) is 0 Å². The summed E-state index contributed by atoms with van der Waals surface area (Å²) in [5.41, 5.74) is 2.68. The molecule has 0 fully saturated rings. The third-order valence-corrected chi connectivity index (χ3v) is 3.61. The average Bonchev–Trinajstić information content (AvgIpc) is 2.53. The summed E-state index contributed by atoms with van der Waals surface area (Å²) >= 11 is 0. The molecule has 0 aliphatic heterocycles. The number of unbranched alkanes of at least 4 members (excludes halogenated alkanes) is 1. The SMILES string of the molecule is CCCCc1ccc(C(O)c2ccc(F)c(OC)c2)cc1. The number of hydrogen-bond donors (Lipinski definition) is 1. The molecular weight excluding hydrogens is 267 g/mol. The Kier molecular flexibility index (Phi) is 5.34. The normalized spacial score (nSPS) is 12.2. The van der Waals surface area contributed by atoms with Crippen LogP contribution in [0, 0.1) is 5.82 Å². The number of benzene rings is 2. The van der Waals surface area contributed by atoms with E-state index in [1.807, 2.05) is 24.3 Å². The molecule has 2 aromatic rings. The average molecular weight is 288 g/mol. The van der Waals surface area contributed by atoms with Gasteiger partial charge in [0.25, 0.3) is 0 Å². The van der Waals surface area contributed by atoms with Gasteiger partial charge >= 0.3 is 0 Å². The van der Waals surface area contributed by atoms with Crippen LogP contribution in [0.25, 0.3) is 0 Å². The standard InChI is InChI=1S/C18H21FO2/c1-3-4-5-13-6-8-14(9-7-13)18(20)15-10-11-16(19)17(12-15)21-2/h6-12,18,20H,3-5H2,1-2H3. The molecule has 2 rings (SSSR count). The van der Waals surface area contributed by atoms with Crippen molar-refractivity contribution in [3.05, 3.63) is 65.0 Å². The van der Waals surface area contributed by atoms with E-state index in [-0.39, 0.29) is 5.75 Å². The van der Waals surface area contributed by atoms with Crippen LogP contribution in [0.15, 0.2) is 42.5 Å². The molecule has 0 heterocycles. The molecule has 0 saturated heterocycles. The Morgan fingerprint density at radius 3 is 2.38 bits per heavy atom. The van der Waals surface area contributed by atoms with E-state index >= 15 is 0 Å². The van der Waals surface area contributed by atoms with Crippen molar-refractivity contribution in [1.82, 2.24) is 0 Å². The maximum atomic E-state index is 13.4. The molecule has 0 bridgehead atoms. The van der Waals surface area contributed by atoms with Crippen molar-refractivity contribution in [2.45, 2.75) is 32.3 Å². The zero-order chi connectivity index (χ0) is 15.2. The monoisotopic (exact) mass is 288 g/mol. The lowest BCUT2D eigenvalue weighted by atomic mass is 9.99. The van der Waals surface area contributed by atoms with Crippen LogP contribution in [0.4, 0.5) is 4.39 Å². The number of aryl methyl sites for hydroxylation is 1. The highest BCUT2D eigenvalue weighted by molar-refractivity contribution is 5.37. The van der Waals surface area contributed by atoms with Crippen LogP contribution < -0.4 is 4.74 Å². The Hall–Kier alpha value is -1.87. The zero-order valence-electron chi connectivity index (χ0n) is 12.5. The lowest BCUT2D eigenvalue weighted by molar-refractivity contribution is 0.219. The molecule has 0 aliphatic rings. The topological polar surface area (TPSA) is 29.5 Å². The lowest BCUT2D eigenvalue weighted by Gasteiger charge is -2.13. The number of halogens is 1. The van der Waals surface area contributed by atoms with E-state index in [1.54, 1.807) is 6.07 Å². The molecule has 0 amide bonds. The smallest absolute Gasteiger partial charge is 0.165 e. The molecule has 2 nitrogen and oxygen atoms in total. The third kappa shape index (κ3) is 3.82. The first-order valence-electron chi connectivity index (χ1n) is 7.26. The molecule has 112 valence electrons. The van der Waals surface area contributed by atoms with Gasteiger partial charge in [-0.25, -0.2) is 4.39 Å². The van der Waals surface area contributed by atoms with Crippen molar-refractivity contribution in [3.8, 4) is 5.75 Å². The van der Waals surface area contributed by atoms with Gasteiger partial charge in [-0.3, -0.25) is 0 Å². The molecule has 0 radical (unpaired) electrons. The van der Waals surface area contributed by atoms with Crippen LogP contribution in [0.5, 0.6) is 5.75 Å². The molecule has 1 unspecified atom stereocenters. The molecule has 0 spiro atoms. The summed E-state index contributed by atoms with van der Waals surface area (Å²) in [7, 11) is 1.41. The molecule has 21 heavy (non-hydrogen) atoms. The Labute approximate surface area is 125 Å². The molecule has 1 atom stereocenters. The number of aliphatic hydroxyl groups excluding tert-OH is 1. The Bertz CT molecular complexity index is 578. The van der Waals surface area contributed by atoms with Gasteiger partial charge in [-0.05, 0) is 41.7 Å². The number of aliphatic hydroxyl groups is 1. The van der Waals surface area contributed by atoms with Crippen LogP contribution >= 0.6 is 0 Å². The minimum absolute atomic E-state index is 0.145. The zero-order valence-corrected chi connectivity index (χ0v) is 12.5. The van der Waals surface area contributed by atoms with E-state index in [1.165, 1.54) is 31.2 Å². The predicted octanol–water partition coefficient (Wildman–Crippen LogP) is 4.26. The van der Waals surface area contributed by atoms with Crippen LogP contribution in [-0.2, 0) is 6.42 Å². The molecular formula is C18H21FO2. The van der Waals surface area contributed by atoms with Gasteiger partial charge in [0.2, 0.25) is 0 Å². The van der Waals surface area contributed by atoms with Gasteiger partial charge in [0, 0.05) is 0 Å². The van der Waals surface area contributed by atoms with E-state index in [2.05, 4.69) is 6.92 Å². The summed E-state index contributed by atoms with van der Waals surface area (Å²) in [6, 6.07) is 12.3. The van der Waals surface area contributed by atoms with E-state index < -0.39 is 11.9 Å². The highest BCUT2D eigenvalue weighted by Gasteiger charge is 2.13. The number of ether oxygens (including phenoxy) is 1. The third-order valence-electron chi connectivity index (χ3n) is 3.61. The molecule has 0 aromatic heterocycles. The fourth-order valence-electron chi connectivity index (χ4n) is 2.29. The summed E-state index contributed by atoms with van der Waals surface area (Å²) in [4.78, 5) is 0. The number of hydrogen-bond acceptors (Lipinski definition) is 2. The van der Waals surface area contributed by atoms with Crippen molar-refractivity contribution in [2.24, 2.45) is 0 Å². The second-order valence-corrected chi connectivity index (χ2v) is 5.14. The molecule has 2 aromatic carbocycles. The van der Waals surface area contributed by atoms with Gasteiger partial charge in [-0.1, -0.05) is 43.7 Å². The maximum absolute atomic E-state index is 13.4. The Morgan fingerprint density at radius 2 is 1.76 bits per heavy atom. The summed E-state index contributed by atoms with van der Waals surface area (Å²) in [5, 5.41) is 10.4. The van der Waals surface area contributed by atoms with Gasteiger partial charge in [0.1, 0.15) is 6.10 Å². The van der Waals surface area contributed by atoms with Gasteiger partial charge in [0.05, 0.1) is 7.11 Å². The van der Waals surface area contributed by atoms with Crippen molar-refractivity contribution >= 4 is 0 Å². The Morgan fingerprint density at radius 1 is 1.10 bits per heavy atom. The van der Waals surface area contributed by atoms with Crippen LogP contribution in [0.3, 0.4) is 0 Å². The summed E-state index contributed by atoms with van der Waals surface area (Å²) in [5.74, 6) is -0.283. The first-order valence-corrected chi connectivity index (χ1v) is 7.26. The number of methoxy groups -OCH3 is 1. The first-order chi connectivity index (χ1) is 10.2. The second kappa shape index (κ2) is 7.23. The van der Waals surface area contributed by atoms with Crippen LogP contribution in [-0.4, -0.2) is 12.2 Å². The largest absolute Gasteiger partial charge is 0.494 e. The van der Waals surface area contributed by atoms with E-state index in [4.69, 9.17) is 4.74 Å². The summed E-state index contributed by atoms with van der Waals surface area (Å²) in [6.45, 7) is 2.17. The lowest BCUT2D eigenvalue weighted by Crippen LogP contribution is -2.01. The van der Waals surface area contributed by atoms with Crippen molar-refractivity contribution in [2.75, 3.05) is 7.11 Å². The molecule has 3 heteroatoms. The first kappa shape index (κ1) is 15.5. The van der Waals surface area contributed by atoms with E-state index in [0.717, 1.165) is 18.4 Å². The molecule has 1 N–H and O–H groups in total. The minimum atomic E-state index is -0.778. The van der Waals surface area contributed by atoms with Gasteiger partial charge in [-0.2, -0.15) is 0 Å². The van der Waals surface area contributed by atoms with Crippen LogP contribution in [0.1, 0.15) is 42.6 Å². The van der Waals surface area contributed by atoms with Crippen molar-refractivity contribution in [1.29, 1.82) is 0 Å². The summed E-state index contributed by atoms with van der Waals surface area (Å²) in [6.07, 6.45) is 2.60. The van der Waals surface area contributed by atoms with E-state index in [9.17, 15) is 9.50 Å². The summed E-state index contributed by atoms with van der Waals surface area (Å²) < 4.78 is 18.3. The van der Waals surface area contributed by atoms with Gasteiger partial charge < -0.3 is 9.84 Å². The van der Waals surface area contributed by atoms with Gasteiger partial charge in [0.15, 0.2) is 11.6 Å². The van der Waals surface area contributed by atoms with E-state index in [0.29, 0.717) is 5.56 Å². The molecule has 0 saturated carbocycles. The molecule has 0 aliphatic carbocycles. The second-order valence-electron chi connectivity index (χ2n) is 5.14. The van der Waals surface area contributed by atoms with Gasteiger partial charge in [-0.15, -0.1) is 0 Å². The number of rotatable bonds is 6. The predicted molar refractivity (Wildman–Crippen MR) is 82.1 cm³/mol. The fourth-order valence-corrected chi connectivity index (χ4v) is 2.29. The highest BCUT2D eigenvalue weighted by Crippen LogP contribution is 2.27.